The molecule has 1 saturated heterocycles. The van der Waals surface area contributed by atoms with Crippen LogP contribution >= 0.6 is 0 Å². The number of nitrogens with one attached hydrogen (secondary N) is 2. The zero-order chi connectivity index (χ0) is 18.4. The number of anilines is 1. The molecule has 0 saturated carbocycles. The van der Waals surface area contributed by atoms with Crippen molar-refractivity contribution in [3.05, 3.63) is 47.7 Å². The molecule has 140 valence electrons. The third-order valence-electron chi connectivity index (χ3n) is 5.10. The van der Waals surface area contributed by atoms with Crippen molar-refractivity contribution in [3.8, 4) is 0 Å². The van der Waals surface area contributed by atoms with Crippen LogP contribution in [0.25, 0.3) is 0 Å². The van der Waals surface area contributed by atoms with Gasteiger partial charge in [-0.15, -0.1) is 0 Å². The number of urea groups is 1. The highest BCUT2D eigenvalue weighted by Crippen LogP contribution is 2.34. The Morgan fingerprint density at radius 1 is 1.27 bits per heavy atom. The van der Waals surface area contributed by atoms with E-state index in [9.17, 15) is 4.79 Å². The lowest BCUT2D eigenvalue weighted by Crippen LogP contribution is -2.45. The molecule has 26 heavy (non-hydrogen) atoms. The second-order valence-corrected chi connectivity index (χ2v) is 6.96. The van der Waals surface area contributed by atoms with Crippen LogP contribution in [0, 0.1) is 0 Å². The van der Waals surface area contributed by atoms with E-state index in [1.165, 1.54) is 5.56 Å². The number of rotatable bonds is 6. The van der Waals surface area contributed by atoms with Gasteiger partial charge in [0, 0.05) is 38.3 Å². The lowest BCUT2D eigenvalue weighted by Gasteiger charge is -2.37. The predicted octanol–water partition coefficient (Wildman–Crippen LogP) is 3.24. The van der Waals surface area contributed by atoms with Crippen LogP contribution in [0.3, 0.4) is 0 Å². The minimum absolute atomic E-state index is 0.0727. The third-order valence-corrected chi connectivity index (χ3v) is 5.10. The van der Waals surface area contributed by atoms with Gasteiger partial charge < -0.3 is 10.1 Å². The average Bonchev–Trinajstić information content (AvgIpc) is 3.01. The molecule has 2 heterocycles. The summed E-state index contributed by atoms with van der Waals surface area (Å²) in [4.78, 5) is 12.5. The second kappa shape index (κ2) is 8.36. The van der Waals surface area contributed by atoms with Crippen LogP contribution in [0.4, 0.5) is 10.6 Å². The lowest BCUT2D eigenvalue weighted by atomic mass is 9.74. The molecule has 2 amide bonds. The highest BCUT2D eigenvalue weighted by atomic mass is 16.5. The van der Waals surface area contributed by atoms with E-state index in [0.717, 1.165) is 44.6 Å². The number of carbonyl (C=O) groups excluding carboxylic acids is 1. The highest BCUT2D eigenvalue weighted by molar-refractivity contribution is 5.88. The van der Waals surface area contributed by atoms with Crippen LogP contribution in [-0.2, 0) is 23.6 Å². The van der Waals surface area contributed by atoms with Crippen molar-refractivity contribution in [2.75, 3.05) is 25.1 Å². The Labute approximate surface area is 154 Å². The van der Waals surface area contributed by atoms with Gasteiger partial charge in [0.25, 0.3) is 0 Å². The van der Waals surface area contributed by atoms with Crippen LogP contribution < -0.4 is 10.6 Å². The number of hydrogen-bond acceptors (Lipinski definition) is 3. The van der Waals surface area contributed by atoms with E-state index < -0.39 is 0 Å². The fourth-order valence-corrected chi connectivity index (χ4v) is 3.55. The molecule has 1 aliphatic rings. The molecule has 1 aliphatic heterocycles. The van der Waals surface area contributed by atoms with E-state index in [-0.39, 0.29) is 11.4 Å². The first-order valence-corrected chi connectivity index (χ1v) is 9.34. The molecule has 1 aromatic heterocycles. The van der Waals surface area contributed by atoms with E-state index in [1.54, 1.807) is 4.68 Å². The van der Waals surface area contributed by atoms with Crippen LogP contribution in [-0.4, -0.2) is 35.6 Å². The zero-order valence-electron chi connectivity index (χ0n) is 15.6. The van der Waals surface area contributed by atoms with Crippen LogP contribution in [0.5, 0.6) is 0 Å². The molecule has 0 unspecified atom stereocenters. The van der Waals surface area contributed by atoms with Gasteiger partial charge in [0.05, 0.1) is 5.69 Å². The molecular weight excluding hydrogens is 328 g/mol. The molecule has 0 atom stereocenters. The molecule has 0 spiro atoms. The first kappa shape index (κ1) is 18.5. The first-order valence-electron chi connectivity index (χ1n) is 9.34. The van der Waals surface area contributed by atoms with Gasteiger partial charge in [0.2, 0.25) is 0 Å². The van der Waals surface area contributed by atoms with E-state index >= 15 is 0 Å². The van der Waals surface area contributed by atoms with Crippen molar-refractivity contribution in [2.45, 2.75) is 38.0 Å². The Bertz CT molecular complexity index is 721. The fraction of sp³-hybridized carbons (Fsp3) is 0.500. The van der Waals surface area contributed by atoms with Gasteiger partial charge in [-0.1, -0.05) is 43.7 Å². The Balaban J connectivity index is 1.65. The van der Waals surface area contributed by atoms with Crippen LogP contribution in [0.2, 0.25) is 0 Å². The summed E-state index contributed by atoms with van der Waals surface area (Å²) in [6.45, 7) is 4.15. The number of amides is 2. The molecule has 1 fully saturated rings. The molecule has 6 nitrogen and oxygen atoms in total. The van der Waals surface area contributed by atoms with E-state index in [0.29, 0.717) is 12.4 Å². The number of ether oxygens (including phenoxy) is 1. The number of benzene rings is 1. The minimum Gasteiger partial charge on any atom is -0.381 e. The molecule has 3 rings (SSSR count). The number of hydrogen-bond donors (Lipinski definition) is 2. The fourth-order valence-electron chi connectivity index (χ4n) is 3.55. The van der Waals surface area contributed by atoms with E-state index in [1.807, 2.05) is 19.2 Å². The van der Waals surface area contributed by atoms with Crippen molar-refractivity contribution in [1.82, 2.24) is 15.1 Å². The number of carbonyl (C=O) groups is 1. The molecule has 0 radical (unpaired) electrons. The summed E-state index contributed by atoms with van der Waals surface area (Å²) in [6, 6.07) is 12.1. The molecule has 0 bridgehead atoms. The Morgan fingerprint density at radius 2 is 2.00 bits per heavy atom. The van der Waals surface area contributed by atoms with Crippen LogP contribution in [0.15, 0.2) is 36.4 Å². The van der Waals surface area contributed by atoms with Crippen molar-refractivity contribution in [2.24, 2.45) is 7.05 Å². The Morgan fingerprint density at radius 3 is 2.69 bits per heavy atom. The van der Waals surface area contributed by atoms with Crippen molar-refractivity contribution in [3.63, 3.8) is 0 Å². The first-order chi connectivity index (χ1) is 12.6. The SMILES string of the molecule is CCCc1cc(NC(=O)NCC2(c3ccccc3)CCOCC2)n(C)n1. The Kier molecular flexibility index (Phi) is 5.93. The topological polar surface area (TPSA) is 68.2 Å². The summed E-state index contributed by atoms with van der Waals surface area (Å²) in [5.41, 5.74) is 2.18. The molecule has 2 N–H and O–H groups in total. The van der Waals surface area contributed by atoms with Gasteiger partial charge in [-0.25, -0.2) is 4.79 Å². The zero-order valence-corrected chi connectivity index (χ0v) is 15.6. The van der Waals surface area contributed by atoms with Crippen LogP contribution in [0.1, 0.15) is 37.4 Å². The van der Waals surface area contributed by atoms with Crippen molar-refractivity contribution < 1.29 is 9.53 Å². The van der Waals surface area contributed by atoms with Gasteiger partial charge in [0.15, 0.2) is 0 Å². The van der Waals surface area contributed by atoms with Gasteiger partial charge >= 0.3 is 6.03 Å². The minimum atomic E-state index is -0.196. The molecule has 0 aliphatic carbocycles. The predicted molar refractivity (Wildman–Crippen MR) is 102 cm³/mol. The highest BCUT2D eigenvalue weighted by Gasteiger charge is 2.34. The summed E-state index contributed by atoms with van der Waals surface area (Å²) in [5.74, 6) is 0.715. The maximum atomic E-state index is 12.5. The normalized spacial score (nSPS) is 16.2. The van der Waals surface area contributed by atoms with E-state index in [4.69, 9.17) is 4.74 Å². The van der Waals surface area contributed by atoms with Gasteiger partial charge in [-0.3, -0.25) is 10.00 Å². The number of aryl methyl sites for hydroxylation is 2. The second-order valence-electron chi connectivity index (χ2n) is 6.96. The maximum Gasteiger partial charge on any atom is 0.320 e. The summed E-state index contributed by atoms with van der Waals surface area (Å²) >= 11 is 0. The average molecular weight is 356 g/mol. The summed E-state index contributed by atoms with van der Waals surface area (Å²) < 4.78 is 7.26. The largest absolute Gasteiger partial charge is 0.381 e. The van der Waals surface area contributed by atoms with E-state index in [2.05, 4.69) is 46.9 Å². The smallest absolute Gasteiger partial charge is 0.320 e. The summed E-state index contributed by atoms with van der Waals surface area (Å²) in [6.07, 6.45) is 3.76. The summed E-state index contributed by atoms with van der Waals surface area (Å²) in [7, 11) is 1.85. The third kappa shape index (κ3) is 4.25. The standard InChI is InChI=1S/C20H28N4O2/c1-3-7-17-14-18(24(2)23-17)22-19(25)21-15-20(10-12-26-13-11-20)16-8-5-4-6-9-16/h4-6,8-9,14H,3,7,10-13,15H2,1-2H3,(H2,21,22,25). The number of nitrogens with zero attached hydrogens (tertiary/aromatic N) is 2. The molecular formula is C20H28N4O2. The number of aromatic nitrogens is 2. The lowest BCUT2D eigenvalue weighted by molar-refractivity contribution is 0.0508. The van der Waals surface area contributed by atoms with Gasteiger partial charge in [-0.2, -0.15) is 5.10 Å². The Hall–Kier alpha value is -2.34. The maximum absolute atomic E-state index is 12.5. The summed E-state index contributed by atoms with van der Waals surface area (Å²) in [5, 5.41) is 10.4. The molecule has 1 aromatic carbocycles. The van der Waals surface area contributed by atoms with Crippen molar-refractivity contribution >= 4 is 11.8 Å². The molecule has 2 aromatic rings. The van der Waals surface area contributed by atoms with Gasteiger partial charge in [0.1, 0.15) is 5.82 Å². The quantitative estimate of drug-likeness (QED) is 0.835. The van der Waals surface area contributed by atoms with Crippen molar-refractivity contribution in [1.29, 1.82) is 0 Å². The molecule has 6 heteroatoms. The monoisotopic (exact) mass is 356 g/mol. The van der Waals surface area contributed by atoms with Gasteiger partial charge in [-0.05, 0) is 24.8 Å².